The number of hydrogen-bond acceptors (Lipinski definition) is 4. The quantitative estimate of drug-likeness (QED) is 0.861. The lowest BCUT2D eigenvalue weighted by molar-refractivity contribution is 0.247. The van der Waals surface area contributed by atoms with E-state index in [9.17, 15) is 4.39 Å². The number of aromatic nitrogens is 2. The lowest BCUT2D eigenvalue weighted by Crippen LogP contribution is -2.22. The van der Waals surface area contributed by atoms with Crippen LogP contribution in [-0.2, 0) is 6.54 Å². The van der Waals surface area contributed by atoms with E-state index in [4.69, 9.17) is 11.6 Å². The number of nitrogens with zero attached hydrogens (tertiary/aromatic N) is 3. The Morgan fingerprint density at radius 2 is 2.11 bits per heavy atom. The van der Waals surface area contributed by atoms with Crippen molar-refractivity contribution < 1.29 is 4.39 Å². The topological polar surface area (TPSA) is 29.0 Å². The van der Waals surface area contributed by atoms with Gasteiger partial charge < -0.3 is 0 Å². The molecule has 6 heteroatoms. The van der Waals surface area contributed by atoms with Crippen LogP contribution in [0, 0.1) is 5.82 Å². The molecule has 3 nitrogen and oxygen atoms in total. The molecular formula is C12H13ClFN3S. The Kier molecular flexibility index (Phi) is 4.27. The summed E-state index contributed by atoms with van der Waals surface area (Å²) in [4.78, 5) is 2.01. The zero-order valence-corrected chi connectivity index (χ0v) is 11.7. The van der Waals surface area contributed by atoms with Crippen molar-refractivity contribution in [2.45, 2.75) is 19.5 Å². The van der Waals surface area contributed by atoms with E-state index in [-0.39, 0.29) is 11.9 Å². The van der Waals surface area contributed by atoms with Crippen LogP contribution in [0.3, 0.4) is 0 Å². The highest BCUT2D eigenvalue weighted by Gasteiger charge is 2.16. The summed E-state index contributed by atoms with van der Waals surface area (Å²) in [6.45, 7) is 2.56. The molecule has 0 saturated heterocycles. The Balaban J connectivity index is 2.09. The number of halogens is 2. The molecule has 2 aromatic rings. The molecule has 1 unspecified atom stereocenters. The van der Waals surface area contributed by atoms with E-state index in [0.717, 1.165) is 5.01 Å². The third kappa shape index (κ3) is 3.04. The maximum Gasteiger partial charge on any atom is 0.207 e. The van der Waals surface area contributed by atoms with E-state index in [1.807, 2.05) is 24.9 Å². The van der Waals surface area contributed by atoms with Gasteiger partial charge in [-0.3, -0.25) is 4.90 Å². The van der Waals surface area contributed by atoms with Gasteiger partial charge in [0, 0.05) is 11.6 Å². The zero-order chi connectivity index (χ0) is 13.1. The minimum absolute atomic E-state index is 0.0334. The molecule has 18 heavy (non-hydrogen) atoms. The highest BCUT2D eigenvalue weighted by atomic mass is 35.5. The van der Waals surface area contributed by atoms with Gasteiger partial charge in [0.15, 0.2) is 0 Å². The van der Waals surface area contributed by atoms with Crippen LogP contribution >= 0.6 is 22.9 Å². The number of hydrogen-bond donors (Lipinski definition) is 0. The molecule has 96 valence electrons. The van der Waals surface area contributed by atoms with Gasteiger partial charge in [0.05, 0.1) is 6.54 Å². The summed E-state index contributed by atoms with van der Waals surface area (Å²) < 4.78 is 14.1. The second-order valence-electron chi connectivity index (χ2n) is 4.06. The standard InChI is InChI=1S/C12H13ClFN3S/c1-8(9-5-3-4-6-10(9)14)17(2)7-11-15-16-12(13)18-11/h3-6,8H,7H2,1-2H3. The minimum Gasteiger partial charge on any atom is -0.293 e. The van der Waals surface area contributed by atoms with Gasteiger partial charge in [-0.1, -0.05) is 29.5 Å². The summed E-state index contributed by atoms with van der Waals surface area (Å²) >= 11 is 7.07. The average Bonchev–Trinajstić information content (AvgIpc) is 2.74. The maximum absolute atomic E-state index is 13.7. The van der Waals surface area contributed by atoms with Gasteiger partial charge in [0.1, 0.15) is 10.8 Å². The van der Waals surface area contributed by atoms with E-state index in [1.54, 1.807) is 12.1 Å². The fourth-order valence-electron chi connectivity index (χ4n) is 1.70. The van der Waals surface area contributed by atoms with Gasteiger partial charge in [-0.25, -0.2) is 4.39 Å². The molecule has 2 rings (SSSR count). The predicted octanol–water partition coefficient (Wildman–Crippen LogP) is 3.52. The summed E-state index contributed by atoms with van der Waals surface area (Å²) in [6.07, 6.45) is 0. The zero-order valence-electron chi connectivity index (χ0n) is 10.1. The Hall–Kier alpha value is -1.04. The lowest BCUT2D eigenvalue weighted by atomic mass is 10.1. The first-order valence-corrected chi connectivity index (χ1v) is 6.70. The van der Waals surface area contributed by atoms with Crippen LogP contribution in [-0.4, -0.2) is 22.1 Å². The highest BCUT2D eigenvalue weighted by molar-refractivity contribution is 7.15. The van der Waals surface area contributed by atoms with E-state index in [0.29, 0.717) is 16.6 Å². The largest absolute Gasteiger partial charge is 0.293 e. The Morgan fingerprint density at radius 1 is 1.39 bits per heavy atom. The Morgan fingerprint density at radius 3 is 2.72 bits per heavy atom. The first kappa shape index (κ1) is 13.4. The number of benzene rings is 1. The molecule has 0 aliphatic carbocycles. The molecule has 0 amide bonds. The van der Waals surface area contributed by atoms with Crippen molar-refractivity contribution in [3.63, 3.8) is 0 Å². The molecule has 1 aromatic carbocycles. The molecule has 0 fully saturated rings. The third-order valence-corrected chi connectivity index (χ3v) is 3.85. The van der Waals surface area contributed by atoms with Crippen LogP contribution < -0.4 is 0 Å². The van der Waals surface area contributed by atoms with Crippen molar-refractivity contribution in [1.29, 1.82) is 0 Å². The molecular weight excluding hydrogens is 273 g/mol. The second-order valence-corrected chi connectivity index (χ2v) is 5.71. The Bertz CT molecular complexity index is 532. The summed E-state index contributed by atoms with van der Waals surface area (Å²) in [6, 6.07) is 6.76. The highest BCUT2D eigenvalue weighted by Crippen LogP contribution is 2.24. The molecule has 0 aliphatic rings. The summed E-state index contributed by atoms with van der Waals surface area (Å²) in [5, 5.41) is 8.53. The first-order valence-electron chi connectivity index (χ1n) is 5.50. The van der Waals surface area contributed by atoms with Crippen LogP contribution in [0.5, 0.6) is 0 Å². The van der Waals surface area contributed by atoms with Crippen LogP contribution in [0.15, 0.2) is 24.3 Å². The van der Waals surface area contributed by atoms with Gasteiger partial charge >= 0.3 is 0 Å². The fraction of sp³-hybridized carbons (Fsp3) is 0.333. The summed E-state index contributed by atoms with van der Waals surface area (Å²) in [5.74, 6) is -0.188. The van der Waals surface area contributed by atoms with E-state index in [1.165, 1.54) is 17.4 Å². The second kappa shape index (κ2) is 5.73. The normalized spacial score (nSPS) is 12.9. The molecule has 0 saturated carbocycles. The number of rotatable bonds is 4. The van der Waals surface area contributed by atoms with E-state index in [2.05, 4.69) is 10.2 Å². The lowest BCUT2D eigenvalue weighted by Gasteiger charge is -2.24. The summed E-state index contributed by atoms with van der Waals surface area (Å²) in [7, 11) is 1.92. The van der Waals surface area contributed by atoms with Gasteiger partial charge in [-0.15, -0.1) is 10.2 Å². The predicted molar refractivity (Wildman–Crippen MR) is 71.2 cm³/mol. The van der Waals surface area contributed by atoms with Crippen molar-refractivity contribution >= 4 is 22.9 Å². The maximum atomic E-state index is 13.7. The van der Waals surface area contributed by atoms with Gasteiger partial charge in [0.2, 0.25) is 4.47 Å². The third-order valence-electron chi connectivity index (χ3n) is 2.84. The molecule has 0 aliphatic heterocycles. The van der Waals surface area contributed by atoms with Gasteiger partial charge in [0.25, 0.3) is 0 Å². The molecule has 1 atom stereocenters. The van der Waals surface area contributed by atoms with Crippen molar-refractivity contribution in [3.8, 4) is 0 Å². The van der Waals surface area contributed by atoms with E-state index < -0.39 is 0 Å². The first-order chi connectivity index (χ1) is 8.58. The minimum atomic E-state index is -0.188. The van der Waals surface area contributed by atoms with Gasteiger partial charge in [-0.05, 0) is 31.6 Å². The van der Waals surface area contributed by atoms with Crippen molar-refractivity contribution in [2.75, 3.05) is 7.05 Å². The van der Waals surface area contributed by atoms with Crippen molar-refractivity contribution in [2.24, 2.45) is 0 Å². The van der Waals surface area contributed by atoms with Crippen molar-refractivity contribution in [3.05, 3.63) is 45.1 Å². The monoisotopic (exact) mass is 285 g/mol. The molecule has 0 N–H and O–H groups in total. The van der Waals surface area contributed by atoms with Crippen molar-refractivity contribution in [1.82, 2.24) is 15.1 Å². The SMILES string of the molecule is CC(c1ccccc1F)N(C)Cc1nnc(Cl)s1. The van der Waals surface area contributed by atoms with Gasteiger partial charge in [-0.2, -0.15) is 0 Å². The fourth-order valence-corrected chi connectivity index (χ4v) is 2.63. The average molecular weight is 286 g/mol. The van der Waals surface area contributed by atoms with E-state index >= 15 is 0 Å². The molecule has 0 radical (unpaired) electrons. The smallest absolute Gasteiger partial charge is 0.207 e. The molecule has 1 aromatic heterocycles. The molecule has 0 bridgehead atoms. The Labute approximate surface area is 114 Å². The molecule has 1 heterocycles. The van der Waals surface area contributed by atoms with Crippen LogP contribution in [0.1, 0.15) is 23.5 Å². The summed E-state index contributed by atoms with van der Waals surface area (Å²) in [5.41, 5.74) is 0.676. The molecule has 0 spiro atoms. The van der Waals surface area contributed by atoms with Crippen LogP contribution in [0.4, 0.5) is 4.39 Å². The van der Waals surface area contributed by atoms with Crippen LogP contribution in [0.25, 0.3) is 0 Å². The van der Waals surface area contributed by atoms with Crippen LogP contribution in [0.2, 0.25) is 4.47 Å².